The van der Waals surface area contributed by atoms with E-state index in [0.29, 0.717) is 36.6 Å². The van der Waals surface area contributed by atoms with Crippen LogP contribution >= 0.6 is 12.2 Å². The largest absolute Gasteiger partial charge is 0.493 e. The first-order valence-corrected chi connectivity index (χ1v) is 12.8. The Kier molecular flexibility index (Phi) is 9.15. The second-order valence-corrected chi connectivity index (χ2v) is 9.62. The van der Waals surface area contributed by atoms with Crippen LogP contribution in [0.15, 0.2) is 83.8 Å². The fourth-order valence-electron chi connectivity index (χ4n) is 3.03. The molecule has 7 nitrogen and oxygen atoms in total. The van der Waals surface area contributed by atoms with Crippen molar-refractivity contribution in [3.8, 4) is 5.75 Å². The molecule has 1 amide bonds. The molecule has 3 aromatic carbocycles. The fraction of sp³-hybridized carbons (Fsp3) is 0.200. The smallest absolute Gasteiger partial charge is 0.257 e. The summed E-state index contributed by atoms with van der Waals surface area (Å²) in [7, 11) is -3.54. The van der Waals surface area contributed by atoms with Gasteiger partial charge in [-0.1, -0.05) is 43.3 Å². The van der Waals surface area contributed by atoms with Gasteiger partial charge in [-0.25, -0.2) is 13.1 Å². The van der Waals surface area contributed by atoms with Gasteiger partial charge in [0.15, 0.2) is 5.11 Å². The van der Waals surface area contributed by atoms with Crippen LogP contribution in [0, 0.1) is 0 Å². The van der Waals surface area contributed by atoms with Gasteiger partial charge in [0.25, 0.3) is 5.91 Å². The fourth-order valence-corrected chi connectivity index (χ4v) is 4.38. The SMILES string of the molecule is CCCNS(=O)(=O)c1ccc(NC(=S)NC(=O)c2cccc(OCCc3ccccc3)c2)cc1. The Morgan fingerprint density at radius 2 is 1.71 bits per heavy atom. The quantitative estimate of drug-likeness (QED) is 0.365. The van der Waals surface area contributed by atoms with Gasteiger partial charge >= 0.3 is 0 Å². The minimum Gasteiger partial charge on any atom is -0.493 e. The Morgan fingerprint density at radius 1 is 0.971 bits per heavy atom. The third-order valence-electron chi connectivity index (χ3n) is 4.79. The van der Waals surface area contributed by atoms with Gasteiger partial charge in [-0.2, -0.15) is 0 Å². The molecule has 3 rings (SSSR count). The molecule has 9 heteroatoms. The molecule has 0 radical (unpaired) electrons. The van der Waals surface area contributed by atoms with E-state index in [9.17, 15) is 13.2 Å². The molecule has 0 fully saturated rings. The molecule has 178 valence electrons. The van der Waals surface area contributed by atoms with Crippen molar-refractivity contribution >= 4 is 38.9 Å². The maximum atomic E-state index is 12.6. The molecule has 0 heterocycles. The van der Waals surface area contributed by atoms with Crippen LogP contribution in [0.1, 0.15) is 29.3 Å². The third-order valence-corrected chi connectivity index (χ3v) is 6.47. The number of anilines is 1. The Hall–Kier alpha value is -3.27. The molecule has 3 aromatic rings. The Labute approximate surface area is 205 Å². The van der Waals surface area contributed by atoms with Gasteiger partial charge in [0, 0.05) is 24.2 Å². The number of carbonyl (C=O) groups excluding carboxylic acids is 1. The molecule has 0 aliphatic heterocycles. The van der Waals surface area contributed by atoms with E-state index >= 15 is 0 Å². The highest BCUT2D eigenvalue weighted by molar-refractivity contribution is 7.89. The molecule has 0 saturated carbocycles. The third kappa shape index (κ3) is 7.65. The number of hydrogen-bond donors (Lipinski definition) is 3. The number of benzene rings is 3. The first-order chi connectivity index (χ1) is 16.4. The monoisotopic (exact) mass is 497 g/mol. The van der Waals surface area contributed by atoms with E-state index in [1.807, 2.05) is 37.3 Å². The average molecular weight is 498 g/mol. The predicted octanol–water partition coefficient (Wildman–Crippen LogP) is 4.12. The van der Waals surface area contributed by atoms with Crippen molar-refractivity contribution in [2.24, 2.45) is 0 Å². The van der Waals surface area contributed by atoms with E-state index in [2.05, 4.69) is 15.4 Å². The molecular weight excluding hydrogens is 470 g/mol. The Bertz CT molecular complexity index is 1210. The summed E-state index contributed by atoms with van der Waals surface area (Å²) in [5.74, 6) is 0.213. The zero-order valence-electron chi connectivity index (χ0n) is 18.8. The van der Waals surface area contributed by atoms with E-state index < -0.39 is 10.0 Å². The van der Waals surface area contributed by atoms with Gasteiger partial charge in [0.1, 0.15) is 5.75 Å². The van der Waals surface area contributed by atoms with E-state index in [-0.39, 0.29) is 15.9 Å². The standard InChI is InChI=1S/C25H27N3O4S2/c1-2-16-26-34(30,31)23-13-11-21(12-14-23)27-25(33)28-24(29)20-9-6-10-22(18-20)32-17-15-19-7-4-3-5-8-19/h3-14,18,26H,2,15-17H2,1H3,(H2,27,28,29,33). The number of rotatable bonds is 10. The van der Waals surface area contributed by atoms with Crippen molar-refractivity contribution in [3.63, 3.8) is 0 Å². The highest BCUT2D eigenvalue weighted by atomic mass is 32.2. The first kappa shape index (κ1) is 25.4. The number of sulfonamides is 1. The van der Waals surface area contributed by atoms with Crippen LogP contribution in [0.25, 0.3) is 0 Å². The van der Waals surface area contributed by atoms with E-state index in [1.165, 1.54) is 17.7 Å². The van der Waals surface area contributed by atoms with Gasteiger partial charge in [-0.3, -0.25) is 10.1 Å². The normalized spacial score (nSPS) is 11.0. The number of amides is 1. The second kappa shape index (κ2) is 12.3. The van der Waals surface area contributed by atoms with Gasteiger partial charge in [0.2, 0.25) is 10.0 Å². The van der Waals surface area contributed by atoms with Crippen molar-refractivity contribution in [1.29, 1.82) is 0 Å². The zero-order chi connectivity index (χ0) is 24.4. The summed E-state index contributed by atoms with van der Waals surface area (Å²) < 4.78 is 32.6. The molecule has 34 heavy (non-hydrogen) atoms. The van der Waals surface area contributed by atoms with Gasteiger partial charge in [-0.15, -0.1) is 0 Å². The van der Waals surface area contributed by atoms with Crippen LogP contribution < -0.4 is 20.1 Å². The van der Waals surface area contributed by atoms with E-state index in [1.54, 1.807) is 36.4 Å². The maximum absolute atomic E-state index is 12.6. The lowest BCUT2D eigenvalue weighted by atomic mass is 10.2. The lowest BCUT2D eigenvalue weighted by molar-refractivity contribution is 0.0977. The van der Waals surface area contributed by atoms with Gasteiger partial charge in [-0.05, 0) is 66.7 Å². The van der Waals surface area contributed by atoms with Crippen LogP contribution in [-0.2, 0) is 16.4 Å². The van der Waals surface area contributed by atoms with Crippen molar-refractivity contribution in [2.45, 2.75) is 24.7 Å². The maximum Gasteiger partial charge on any atom is 0.257 e. The summed E-state index contributed by atoms with van der Waals surface area (Å²) in [6.07, 6.45) is 1.47. The number of ether oxygens (including phenoxy) is 1. The van der Waals surface area contributed by atoms with Crippen molar-refractivity contribution in [2.75, 3.05) is 18.5 Å². The Morgan fingerprint density at radius 3 is 2.41 bits per heavy atom. The molecule has 0 aromatic heterocycles. The van der Waals surface area contributed by atoms with Gasteiger partial charge < -0.3 is 10.1 Å². The first-order valence-electron chi connectivity index (χ1n) is 10.9. The van der Waals surface area contributed by atoms with Crippen LogP contribution in [-0.4, -0.2) is 32.6 Å². The van der Waals surface area contributed by atoms with Gasteiger partial charge in [0.05, 0.1) is 11.5 Å². The van der Waals surface area contributed by atoms with Crippen molar-refractivity contribution in [1.82, 2.24) is 10.0 Å². The lowest BCUT2D eigenvalue weighted by Gasteiger charge is -2.12. The molecule has 0 aliphatic carbocycles. The lowest BCUT2D eigenvalue weighted by Crippen LogP contribution is -2.34. The predicted molar refractivity (Wildman–Crippen MR) is 138 cm³/mol. The molecular formula is C25H27N3O4S2. The summed E-state index contributed by atoms with van der Waals surface area (Å²) in [5, 5.41) is 5.60. The number of nitrogens with one attached hydrogen (secondary N) is 3. The summed E-state index contributed by atoms with van der Waals surface area (Å²) in [6, 6.07) is 23.0. The molecule has 0 aliphatic rings. The van der Waals surface area contributed by atoms with Crippen molar-refractivity contribution < 1.29 is 17.9 Å². The summed E-state index contributed by atoms with van der Waals surface area (Å²) in [4.78, 5) is 12.8. The molecule has 0 unspecified atom stereocenters. The summed E-state index contributed by atoms with van der Waals surface area (Å²) >= 11 is 5.23. The highest BCUT2D eigenvalue weighted by Gasteiger charge is 2.13. The van der Waals surface area contributed by atoms with E-state index in [4.69, 9.17) is 17.0 Å². The summed E-state index contributed by atoms with van der Waals surface area (Å²) in [6.45, 7) is 2.76. The van der Waals surface area contributed by atoms with Crippen molar-refractivity contribution in [3.05, 3.63) is 90.0 Å². The second-order valence-electron chi connectivity index (χ2n) is 7.44. The molecule has 0 atom stereocenters. The van der Waals surface area contributed by atoms with Crippen LogP contribution in [0.3, 0.4) is 0 Å². The number of thiocarbonyl (C=S) groups is 1. The molecule has 3 N–H and O–H groups in total. The summed E-state index contributed by atoms with van der Waals surface area (Å²) in [5.41, 5.74) is 2.14. The number of carbonyl (C=O) groups is 1. The van der Waals surface area contributed by atoms with Crippen LogP contribution in [0.5, 0.6) is 5.75 Å². The molecule has 0 bridgehead atoms. The minimum absolute atomic E-state index is 0.0973. The Balaban J connectivity index is 1.52. The minimum atomic E-state index is -3.54. The topological polar surface area (TPSA) is 96.5 Å². The van der Waals surface area contributed by atoms with Crippen LogP contribution in [0.4, 0.5) is 5.69 Å². The van der Waals surface area contributed by atoms with E-state index in [0.717, 1.165) is 6.42 Å². The molecule has 0 saturated heterocycles. The van der Waals surface area contributed by atoms with Crippen LogP contribution in [0.2, 0.25) is 0 Å². The highest BCUT2D eigenvalue weighted by Crippen LogP contribution is 2.16. The average Bonchev–Trinajstić information content (AvgIpc) is 2.84. The molecule has 0 spiro atoms. The number of hydrogen-bond acceptors (Lipinski definition) is 5. The zero-order valence-corrected chi connectivity index (χ0v) is 20.4.